The largest absolute Gasteiger partial charge is 0.366 e. The predicted octanol–water partition coefficient (Wildman–Crippen LogP) is 2.62. The van der Waals surface area contributed by atoms with E-state index in [0.717, 1.165) is 11.1 Å². The van der Waals surface area contributed by atoms with E-state index < -0.39 is 5.91 Å². The number of hydrogen-bond acceptors (Lipinski definition) is 3. The summed E-state index contributed by atoms with van der Waals surface area (Å²) in [6.07, 6.45) is 3.10. The van der Waals surface area contributed by atoms with Gasteiger partial charge in [-0.25, -0.2) is 0 Å². The van der Waals surface area contributed by atoms with Gasteiger partial charge in [0.1, 0.15) is 0 Å². The average Bonchev–Trinajstić information content (AvgIpc) is 2.54. The molecule has 0 unspecified atom stereocenters. The van der Waals surface area contributed by atoms with Crippen molar-refractivity contribution in [3.63, 3.8) is 0 Å². The molecule has 6 heteroatoms. The van der Waals surface area contributed by atoms with E-state index in [1.807, 2.05) is 31.2 Å². The molecule has 0 aliphatic rings. The molecule has 2 aromatic carbocycles. The van der Waals surface area contributed by atoms with Crippen LogP contribution < -0.4 is 16.4 Å². The van der Waals surface area contributed by atoms with Crippen LogP contribution in [0.5, 0.6) is 0 Å². The first-order valence-corrected chi connectivity index (χ1v) is 7.61. The van der Waals surface area contributed by atoms with Gasteiger partial charge in [-0.3, -0.25) is 14.9 Å². The van der Waals surface area contributed by atoms with E-state index in [0.29, 0.717) is 11.3 Å². The Kier molecular flexibility index (Phi) is 5.81. The van der Waals surface area contributed by atoms with Crippen LogP contribution in [0.25, 0.3) is 6.08 Å². The maximum absolute atomic E-state index is 11.9. The molecule has 0 heterocycles. The van der Waals surface area contributed by atoms with Gasteiger partial charge in [-0.15, -0.1) is 0 Å². The third-order valence-corrected chi connectivity index (χ3v) is 3.35. The normalized spacial score (nSPS) is 10.4. The summed E-state index contributed by atoms with van der Waals surface area (Å²) < 4.78 is 0. The molecule has 0 atom stereocenters. The standard InChI is InChI=1S/C18H17N3O2S/c1-12-5-7-13(8-6-12)9-10-16(22)21-18(24)20-15-4-2-3-14(11-15)17(19)23/h2-11H,1H3,(H2,19,23)(H2,20,21,22,24)/b10-9+. The number of nitrogens with two attached hydrogens (primary N) is 1. The molecule has 122 valence electrons. The number of aryl methyl sites for hydroxylation is 1. The summed E-state index contributed by atoms with van der Waals surface area (Å²) in [6.45, 7) is 2.00. The molecule has 2 amide bonds. The van der Waals surface area contributed by atoms with Gasteiger partial charge >= 0.3 is 0 Å². The second kappa shape index (κ2) is 8.03. The minimum Gasteiger partial charge on any atom is -0.366 e. The van der Waals surface area contributed by atoms with Crippen LogP contribution in [0.3, 0.4) is 0 Å². The van der Waals surface area contributed by atoms with Crippen LogP contribution in [0, 0.1) is 6.92 Å². The first-order chi connectivity index (χ1) is 11.4. The van der Waals surface area contributed by atoms with Crippen molar-refractivity contribution in [2.24, 2.45) is 5.73 Å². The van der Waals surface area contributed by atoms with Crippen LogP contribution in [-0.2, 0) is 4.79 Å². The number of primary amides is 1. The average molecular weight is 339 g/mol. The van der Waals surface area contributed by atoms with Gasteiger partial charge in [0.05, 0.1) is 0 Å². The van der Waals surface area contributed by atoms with Crippen LogP contribution >= 0.6 is 12.2 Å². The summed E-state index contributed by atoms with van der Waals surface area (Å²) >= 11 is 5.08. The smallest absolute Gasteiger partial charge is 0.250 e. The zero-order valence-electron chi connectivity index (χ0n) is 13.1. The fourth-order valence-electron chi connectivity index (χ4n) is 1.92. The number of benzene rings is 2. The highest BCUT2D eigenvalue weighted by atomic mass is 32.1. The van der Waals surface area contributed by atoms with Gasteiger partial charge in [0, 0.05) is 17.3 Å². The van der Waals surface area contributed by atoms with E-state index in [9.17, 15) is 9.59 Å². The molecule has 0 saturated heterocycles. The lowest BCUT2D eigenvalue weighted by molar-refractivity contribution is -0.115. The highest BCUT2D eigenvalue weighted by molar-refractivity contribution is 7.80. The molecule has 24 heavy (non-hydrogen) atoms. The third-order valence-electron chi connectivity index (χ3n) is 3.15. The molecule has 0 aliphatic carbocycles. The zero-order valence-corrected chi connectivity index (χ0v) is 13.9. The maximum Gasteiger partial charge on any atom is 0.250 e. The lowest BCUT2D eigenvalue weighted by Crippen LogP contribution is -2.32. The number of rotatable bonds is 4. The number of amides is 2. The Morgan fingerprint density at radius 3 is 2.50 bits per heavy atom. The van der Waals surface area contributed by atoms with Gasteiger partial charge in [-0.2, -0.15) is 0 Å². The summed E-state index contributed by atoms with van der Waals surface area (Å²) in [5.74, 6) is -0.881. The SMILES string of the molecule is Cc1ccc(/C=C/C(=O)NC(=S)Nc2cccc(C(N)=O)c2)cc1. The Morgan fingerprint density at radius 1 is 1.12 bits per heavy atom. The molecule has 5 nitrogen and oxygen atoms in total. The summed E-state index contributed by atoms with van der Waals surface area (Å²) in [5.41, 5.74) is 8.22. The summed E-state index contributed by atoms with van der Waals surface area (Å²) in [5, 5.41) is 5.50. The number of hydrogen-bond donors (Lipinski definition) is 3. The minimum atomic E-state index is -0.533. The van der Waals surface area contributed by atoms with Crippen LogP contribution in [0.4, 0.5) is 5.69 Å². The molecule has 0 aliphatic heterocycles. The van der Waals surface area contributed by atoms with Gasteiger partial charge in [0.2, 0.25) is 11.8 Å². The summed E-state index contributed by atoms with van der Waals surface area (Å²) in [6, 6.07) is 14.3. The van der Waals surface area contributed by atoms with Gasteiger partial charge in [0.15, 0.2) is 5.11 Å². The molecule has 0 spiro atoms. The third kappa shape index (κ3) is 5.33. The maximum atomic E-state index is 11.9. The van der Waals surface area contributed by atoms with Crippen LogP contribution in [0.1, 0.15) is 21.5 Å². The first kappa shape index (κ1) is 17.4. The van der Waals surface area contributed by atoms with Crippen LogP contribution in [0.2, 0.25) is 0 Å². The molecule has 2 aromatic rings. The lowest BCUT2D eigenvalue weighted by atomic mass is 10.1. The number of nitrogens with one attached hydrogen (secondary N) is 2. The van der Waals surface area contributed by atoms with E-state index in [-0.39, 0.29) is 11.0 Å². The Morgan fingerprint density at radius 2 is 1.83 bits per heavy atom. The molecule has 2 rings (SSSR count). The monoisotopic (exact) mass is 339 g/mol. The molecule has 0 radical (unpaired) electrons. The van der Waals surface area contributed by atoms with Crippen molar-refractivity contribution < 1.29 is 9.59 Å². The predicted molar refractivity (Wildman–Crippen MR) is 99.5 cm³/mol. The molecule has 0 fully saturated rings. The molecule has 4 N–H and O–H groups in total. The van der Waals surface area contributed by atoms with Crippen molar-refractivity contribution in [1.82, 2.24) is 5.32 Å². The molecular formula is C18H17N3O2S. The Balaban J connectivity index is 1.92. The second-order valence-electron chi connectivity index (χ2n) is 5.13. The van der Waals surface area contributed by atoms with E-state index in [1.54, 1.807) is 30.3 Å². The summed E-state index contributed by atoms with van der Waals surface area (Å²) in [7, 11) is 0. The number of carbonyl (C=O) groups is 2. The van der Waals surface area contributed by atoms with E-state index in [2.05, 4.69) is 10.6 Å². The molecule has 0 aromatic heterocycles. The molecule has 0 saturated carbocycles. The van der Waals surface area contributed by atoms with Crippen molar-refractivity contribution in [3.05, 3.63) is 71.3 Å². The Bertz CT molecular complexity index is 798. The van der Waals surface area contributed by atoms with Crippen molar-refractivity contribution in [2.45, 2.75) is 6.92 Å². The number of thiocarbonyl (C=S) groups is 1. The zero-order chi connectivity index (χ0) is 17.5. The van der Waals surface area contributed by atoms with Crippen molar-refractivity contribution in [3.8, 4) is 0 Å². The molecular weight excluding hydrogens is 322 g/mol. The van der Waals surface area contributed by atoms with E-state index >= 15 is 0 Å². The van der Waals surface area contributed by atoms with E-state index in [1.165, 1.54) is 6.08 Å². The summed E-state index contributed by atoms with van der Waals surface area (Å²) in [4.78, 5) is 23.0. The highest BCUT2D eigenvalue weighted by Gasteiger charge is 2.04. The van der Waals surface area contributed by atoms with Crippen molar-refractivity contribution in [2.75, 3.05) is 5.32 Å². The van der Waals surface area contributed by atoms with Gasteiger partial charge in [-0.05, 0) is 49.0 Å². The van der Waals surface area contributed by atoms with Crippen molar-refractivity contribution in [1.29, 1.82) is 0 Å². The number of carbonyl (C=O) groups excluding carboxylic acids is 2. The van der Waals surface area contributed by atoms with E-state index in [4.69, 9.17) is 18.0 Å². The fraction of sp³-hybridized carbons (Fsp3) is 0.0556. The van der Waals surface area contributed by atoms with Crippen LogP contribution in [0.15, 0.2) is 54.6 Å². The Labute approximate surface area is 145 Å². The second-order valence-corrected chi connectivity index (χ2v) is 5.54. The number of anilines is 1. The van der Waals surface area contributed by atoms with Gasteiger partial charge < -0.3 is 11.1 Å². The topological polar surface area (TPSA) is 84.2 Å². The minimum absolute atomic E-state index is 0.134. The van der Waals surface area contributed by atoms with Crippen LogP contribution in [-0.4, -0.2) is 16.9 Å². The van der Waals surface area contributed by atoms with Crippen molar-refractivity contribution >= 4 is 40.9 Å². The highest BCUT2D eigenvalue weighted by Crippen LogP contribution is 2.10. The first-order valence-electron chi connectivity index (χ1n) is 7.20. The fourth-order valence-corrected chi connectivity index (χ4v) is 2.13. The Hall–Kier alpha value is -2.99. The quantitative estimate of drug-likeness (QED) is 0.590. The molecule has 0 bridgehead atoms. The van der Waals surface area contributed by atoms with Gasteiger partial charge in [-0.1, -0.05) is 35.9 Å². The lowest BCUT2D eigenvalue weighted by Gasteiger charge is -2.08. The van der Waals surface area contributed by atoms with Gasteiger partial charge in [0.25, 0.3) is 0 Å².